The summed E-state index contributed by atoms with van der Waals surface area (Å²) in [6.45, 7) is 0. The van der Waals surface area contributed by atoms with Gasteiger partial charge >= 0.3 is 6.18 Å². The van der Waals surface area contributed by atoms with Crippen LogP contribution in [0.4, 0.5) is 17.6 Å². The van der Waals surface area contributed by atoms with Crippen LogP contribution < -0.4 is 0 Å². The first-order valence-electron chi connectivity index (χ1n) is 6.39. The highest BCUT2D eigenvalue weighted by Gasteiger charge is 2.31. The third-order valence-electron chi connectivity index (χ3n) is 3.41. The minimum atomic E-state index is -4.49. The maximum absolute atomic E-state index is 13.7. The van der Waals surface area contributed by atoms with Crippen LogP contribution in [-0.4, -0.2) is 0 Å². The van der Waals surface area contributed by atoms with Gasteiger partial charge in [-0.3, -0.25) is 0 Å². The van der Waals surface area contributed by atoms with Crippen molar-refractivity contribution in [3.05, 3.63) is 47.5 Å². The minimum Gasteiger partial charge on any atom is -0.461 e. The highest BCUT2D eigenvalue weighted by Crippen LogP contribution is 2.36. The van der Waals surface area contributed by atoms with Crippen LogP contribution in [0.2, 0.25) is 0 Å². The van der Waals surface area contributed by atoms with Gasteiger partial charge in [0.1, 0.15) is 17.3 Å². The lowest BCUT2D eigenvalue weighted by molar-refractivity contribution is -0.137. The summed E-state index contributed by atoms with van der Waals surface area (Å²) in [6, 6.07) is 5.56. The van der Waals surface area contributed by atoms with E-state index >= 15 is 0 Å². The van der Waals surface area contributed by atoms with Crippen molar-refractivity contribution >= 4 is 0 Å². The Labute approximate surface area is 113 Å². The van der Waals surface area contributed by atoms with Crippen LogP contribution >= 0.6 is 0 Å². The highest BCUT2D eigenvalue weighted by atomic mass is 19.4. The monoisotopic (exact) mass is 284 g/mol. The molecule has 20 heavy (non-hydrogen) atoms. The SMILES string of the molecule is Fc1ccc(C(F)(F)F)cc1-c1ccc(CC2CC2)o1. The maximum atomic E-state index is 13.7. The molecular formula is C15H12F4O. The summed E-state index contributed by atoms with van der Waals surface area (Å²) in [7, 11) is 0. The van der Waals surface area contributed by atoms with E-state index in [2.05, 4.69) is 0 Å². The Hall–Kier alpha value is -1.78. The fraction of sp³-hybridized carbons (Fsp3) is 0.333. The molecule has 106 valence electrons. The van der Waals surface area contributed by atoms with E-state index in [-0.39, 0.29) is 11.3 Å². The lowest BCUT2D eigenvalue weighted by Crippen LogP contribution is -2.05. The molecule has 1 saturated carbocycles. The van der Waals surface area contributed by atoms with E-state index in [0.717, 1.165) is 37.5 Å². The number of rotatable bonds is 3. The Morgan fingerprint density at radius 3 is 2.50 bits per heavy atom. The van der Waals surface area contributed by atoms with Crippen LogP contribution in [0.25, 0.3) is 11.3 Å². The molecule has 0 bridgehead atoms. The van der Waals surface area contributed by atoms with Crippen molar-refractivity contribution in [1.29, 1.82) is 0 Å². The Balaban J connectivity index is 1.93. The standard InChI is InChI=1S/C15H12F4O/c16-13-5-3-10(15(17,18)19)8-12(13)14-6-4-11(20-14)7-9-1-2-9/h3-6,8-9H,1-2,7H2. The predicted octanol–water partition coefficient (Wildman–Crippen LogP) is 5.06. The number of benzene rings is 1. The second-order valence-corrected chi connectivity index (χ2v) is 5.11. The van der Waals surface area contributed by atoms with Gasteiger partial charge in [-0.25, -0.2) is 4.39 Å². The molecular weight excluding hydrogens is 272 g/mol. The highest BCUT2D eigenvalue weighted by molar-refractivity contribution is 5.60. The number of hydrogen-bond acceptors (Lipinski definition) is 1. The smallest absolute Gasteiger partial charge is 0.416 e. The topological polar surface area (TPSA) is 13.1 Å². The van der Waals surface area contributed by atoms with Crippen molar-refractivity contribution in [2.24, 2.45) is 5.92 Å². The summed E-state index contributed by atoms with van der Waals surface area (Å²) in [6.07, 6.45) is -1.44. The zero-order chi connectivity index (χ0) is 14.3. The third-order valence-corrected chi connectivity index (χ3v) is 3.41. The summed E-state index contributed by atoms with van der Waals surface area (Å²) >= 11 is 0. The van der Waals surface area contributed by atoms with Crippen molar-refractivity contribution in [3.8, 4) is 11.3 Å². The maximum Gasteiger partial charge on any atom is 0.416 e. The quantitative estimate of drug-likeness (QED) is 0.718. The van der Waals surface area contributed by atoms with Crippen LogP contribution in [-0.2, 0) is 12.6 Å². The number of halogens is 4. The first-order chi connectivity index (χ1) is 9.43. The van der Waals surface area contributed by atoms with Crippen molar-refractivity contribution in [2.75, 3.05) is 0 Å². The van der Waals surface area contributed by atoms with Crippen molar-refractivity contribution in [2.45, 2.75) is 25.4 Å². The minimum absolute atomic E-state index is 0.143. The molecule has 0 aliphatic heterocycles. The molecule has 3 rings (SSSR count). The average Bonchev–Trinajstić information content (AvgIpc) is 3.05. The largest absolute Gasteiger partial charge is 0.461 e. The Morgan fingerprint density at radius 2 is 1.85 bits per heavy atom. The van der Waals surface area contributed by atoms with E-state index in [1.54, 1.807) is 6.07 Å². The number of furan rings is 1. The van der Waals surface area contributed by atoms with Gasteiger partial charge in [0, 0.05) is 6.42 Å². The molecule has 0 spiro atoms. The Kier molecular flexibility index (Phi) is 3.07. The molecule has 1 aromatic heterocycles. The zero-order valence-corrected chi connectivity index (χ0v) is 10.5. The molecule has 0 N–H and O–H groups in total. The van der Waals surface area contributed by atoms with Crippen LogP contribution in [0.5, 0.6) is 0 Å². The molecule has 1 nitrogen and oxygen atoms in total. The van der Waals surface area contributed by atoms with Crippen molar-refractivity contribution < 1.29 is 22.0 Å². The fourth-order valence-corrected chi connectivity index (χ4v) is 2.13. The van der Waals surface area contributed by atoms with E-state index in [1.165, 1.54) is 6.07 Å². The molecule has 1 fully saturated rings. The van der Waals surface area contributed by atoms with Gasteiger partial charge in [0.25, 0.3) is 0 Å². The van der Waals surface area contributed by atoms with Crippen LogP contribution in [0, 0.1) is 11.7 Å². The van der Waals surface area contributed by atoms with Gasteiger partial charge in [-0.2, -0.15) is 13.2 Å². The zero-order valence-electron chi connectivity index (χ0n) is 10.5. The molecule has 2 aromatic rings. The average molecular weight is 284 g/mol. The molecule has 1 aliphatic carbocycles. The van der Waals surface area contributed by atoms with E-state index in [4.69, 9.17) is 4.42 Å². The summed E-state index contributed by atoms with van der Waals surface area (Å²) in [5.74, 6) is 0.717. The van der Waals surface area contributed by atoms with E-state index in [9.17, 15) is 17.6 Å². The van der Waals surface area contributed by atoms with Gasteiger partial charge < -0.3 is 4.42 Å². The molecule has 0 saturated heterocycles. The second-order valence-electron chi connectivity index (χ2n) is 5.11. The number of alkyl halides is 3. The molecule has 1 heterocycles. The molecule has 1 aromatic carbocycles. The summed E-state index contributed by atoms with van der Waals surface area (Å²) in [5.41, 5.74) is -1.03. The second kappa shape index (κ2) is 4.65. The van der Waals surface area contributed by atoms with Gasteiger partial charge in [0.2, 0.25) is 0 Å². The lowest BCUT2D eigenvalue weighted by atomic mass is 10.1. The summed E-state index contributed by atoms with van der Waals surface area (Å²) in [4.78, 5) is 0. The fourth-order valence-electron chi connectivity index (χ4n) is 2.13. The van der Waals surface area contributed by atoms with Gasteiger partial charge in [-0.05, 0) is 49.1 Å². The Morgan fingerprint density at radius 1 is 1.10 bits per heavy atom. The van der Waals surface area contributed by atoms with Gasteiger partial charge in [0.05, 0.1) is 11.1 Å². The first kappa shape index (κ1) is 13.2. The van der Waals surface area contributed by atoms with Gasteiger partial charge in [0.15, 0.2) is 0 Å². The predicted molar refractivity (Wildman–Crippen MR) is 65.5 cm³/mol. The molecule has 0 unspecified atom stereocenters. The van der Waals surface area contributed by atoms with Gasteiger partial charge in [-0.1, -0.05) is 0 Å². The van der Waals surface area contributed by atoms with E-state index < -0.39 is 17.6 Å². The van der Waals surface area contributed by atoms with E-state index in [1.807, 2.05) is 0 Å². The van der Waals surface area contributed by atoms with Crippen LogP contribution in [0.3, 0.4) is 0 Å². The normalized spacial score (nSPS) is 15.6. The van der Waals surface area contributed by atoms with Crippen molar-refractivity contribution in [3.63, 3.8) is 0 Å². The molecule has 0 amide bonds. The molecule has 1 aliphatic rings. The van der Waals surface area contributed by atoms with Crippen LogP contribution in [0.15, 0.2) is 34.7 Å². The van der Waals surface area contributed by atoms with E-state index in [0.29, 0.717) is 11.7 Å². The summed E-state index contributed by atoms with van der Waals surface area (Å²) < 4.78 is 57.1. The molecule has 5 heteroatoms. The number of hydrogen-bond donors (Lipinski definition) is 0. The molecule has 0 radical (unpaired) electrons. The first-order valence-corrected chi connectivity index (χ1v) is 6.39. The van der Waals surface area contributed by atoms with Crippen molar-refractivity contribution in [1.82, 2.24) is 0 Å². The third kappa shape index (κ3) is 2.71. The Bertz CT molecular complexity index is 623. The summed E-state index contributed by atoms with van der Waals surface area (Å²) in [5, 5.41) is 0. The lowest BCUT2D eigenvalue weighted by Gasteiger charge is -2.08. The molecule has 0 atom stereocenters. The van der Waals surface area contributed by atoms with Crippen LogP contribution in [0.1, 0.15) is 24.2 Å². The van der Waals surface area contributed by atoms with Gasteiger partial charge in [-0.15, -0.1) is 0 Å².